The standard InChI is InChI=1S/C25H28N2O5/c1-14-18-5-6-20(28)22(29)23(18)32-25(30)19(14)12-21-24(31-21)27-9-7-16(8-10-27)17-4-2-3-15(11-17)13-26/h2-6,11,16,21,24,28-29H,7-10,12-13,26H2,1H3. The molecule has 7 nitrogen and oxygen atoms in total. The van der Waals surface area contributed by atoms with E-state index in [-0.39, 0.29) is 23.7 Å². The highest BCUT2D eigenvalue weighted by Crippen LogP contribution is 2.38. The lowest BCUT2D eigenvalue weighted by atomic mass is 9.88. The minimum absolute atomic E-state index is 0.0188. The van der Waals surface area contributed by atoms with Gasteiger partial charge in [0.2, 0.25) is 5.75 Å². The molecule has 2 atom stereocenters. The van der Waals surface area contributed by atoms with E-state index in [1.165, 1.54) is 17.2 Å². The van der Waals surface area contributed by atoms with Gasteiger partial charge in [-0.05, 0) is 54.5 Å². The summed E-state index contributed by atoms with van der Waals surface area (Å²) in [7, 11) is 0. The van der Waals surface area contributed by atoms with Crippen molar-refractivity contribution in [1.82, 2.24) is 4.90 Å². The number of likely N-dealkylation sites (tertiary alicyclic amines) is 1. The van der Waals surface area contributed by atoms with Crippen LogP contribution in [0.25, 0.3) is 11.0 Å². The first-order chi connectivity index (χ1) is 15.5. The molecule has 0 aliphatic carbocycles. The van der Waals surface area contributed by atoms with Crippen molar-refractivity contribution in [2.45, 2.75) is 51.0 Å². The normalized spacial score (nSPS) is 21.8. The van der Waals surface area contributed by atoms with Gasteiger partial charge in [-0.15, -0.1) is 0 Å². The zero-order valence-electron chi connectivity index (χ0n) is 18.1. The van der Waals surface area contributed by atoms with Crippen molar-refractivity contribution in [3.63, 3.8) is 0 Å². The van der Waals surface area contributed by atoms with Crippen LogP contribution < -0.4 is 11.4 Å². The van der Waals surface area contributed by atoms with E-state index >= 15 is 0 Å². The second kappa shape index (κ2) is 8.24. The number of benzene rings is 2. The second-order valence-electron chi connectivity index (χ2n) is 8.83. The number of nitrogens with two attached hydrogens (primary N) is 1. The molecular formula is C25H28N2O5. The number of ether oxygens (including phenoxy) is 1. The SMILES string of the molecule is Cc1c(CC2OC2N2CCC(c3cccc(CN)c3)CC2)c(=O)oc2c(O)c(O)ccc12. The number of aromatic hydroxyl groups is 2. The van der Waals surface area contributed by atoms with Gasteiger partial charge in [-0.2, -0.15) is 0 Å². The van der Waals surface area contributed by atoms with E-state index in [1.807, 2.05) is 6.92 Å². The summed E-state index contributed by atoms with van der Waals surface area (Å²) in [6.07, 6.45) is 2.58. The van der Waals surface area contributed by atoms with E-state index in [2.05, 4.69) is 29.2 Å². The number of hydrogen-bond donors (Lipinski definition) is 3. The van der Waals surface area contributed by atoms with Gasteiger partial charge in [0.1, 0.15) is 12.3 Å². The molecule has 2 aliphatic rings. The Bertz CT molecular complexity index is 1210. The van der Waals surface area contributed by atoms with Crippen LogP contribution >= 0.6 is 0 Å². The summed E-state index contributed by atoms with van der Waals surface area (Å²) < 4.78 is 11.3. The Labute approximate surface area is 186 Å². The van der Waals surface area contributed by atoms with Gasteiger partial charge in [-0.3, -0.25) is 4.90 Å². The number of epoxide rings is 1. The molecule has 0 radical (unpaired) electrons. The van der Waals surface area contributed by atoms with Gasteiger partial charge < -0.3 is 25.1 Å². The summed E-state index contributed by atoms with van der Waals surface area (Å²) >= 11 is 0. The smallest absolute Gasteiger partial charge is 0.339 e. The van der Waals surface area contributed by atoms with Crippen molar-refractivity contribution in [3.8, 4) is 11.5 Å². The second-order valence-corrected chi connectivity index (χ2v) is 8.83. The Morgan fingerprint density at radius 2 is 1.94 bits per heavy atom. The van der Waals surface area contributed by atoms with Crippen LogP contribution in [0, 0.1) is 6.92 Å². The third kappa shape index (κ3) is 3.77. The molecule has 2 fully saturated rings. The fourth-order valence-corrected chi connectivity index (χ4v) is 4.93. The third-order valence-electron chi connectivity index (χ3n) is 6.92. The van der Waals surface area contributed by atoms with Gasteiger partial charge in [0.15, 0.2) is 11.3 Å². The quantitative estimate of drug-likeness (QED) is 0.320. The van der Waals surface area contributed by atoms with Crippen molar-refractivity contribution in [2.75, 3.05) is 13.1 Å². The summed E-state index contributed by atoms with van der Waals surface area (Å²) in [6, 6.07) is 11.6. The summed E-state index contributed by atoms with van der Waals surface area (Å²) in [6.45, 7) is 4.31. The van der Waals surface area contributed by atoms with Crippen molar-refractivity contribution in [3.05, 3.63) is 69.1 Å². The van der Waals surface area contributed by atoms with Crippen LogP contribution in [0.2, 0.25) is 0 Å². The molecule has 5 rings (SSSR count). The van der Waals surface area contributed by atoms with Gasteiger partial charge in [0, 0.05) is 37.0 Å². The van der Waals surface area contributed by atoms with Crippen LogP contribution in [0.4, 0.5) is 0 Å². The Morgan fingerprint density at radius 3 is 2.69 bits per heavy atom. The van der Waals surface area contributed by atoms with E-state index in [0.717, 1.165) is 31.5 Å². The molecule has 3 aromatic rings. The van der Waals surface area contributed by atoms with E-state index in [4.69, 9.17) is 14.9 Å². The average molecular weight is 437 g/mol. The topological polar surface area (TPSA) is 112 Å². The van der Waals surface area contributed by atoms with Gasteiger partial charge >= 0.3 is 5.63 Å². The lowest BCUT2D eigenvalue weighted by Crippen LogP contribution is -2.36. The van der Waals surface area contributed by atoms with Crippen LogP contribution in [0.1, 0.15) is 41.0 Å². The summed E-state index contributed by atoms with van der Waals surface area (Å²) in [5, 5.41) is 20.3. The van der Waals surface area contributed by atoms with Crippen LogP contribution in [0.3, 0.4) is 0 Å². The fraction of sp³-hybridized carbons (Fsp3) is 0.400. The van der Waals surface area contributed by atoms with Gasteiger partial charge in [0.25, 0.3) is 0 Å². The number of nitrogens with zero attached hydrogens (tertiary/aromatic N) is 1. The van der Waals surface area contributed by atoms with Crippen molar-refractivity contribution in [2.24, 2.45) is 5.73 Å². The Hall–Kier alpha value is -2.87. The highest BCUT2D eigenvalue weighted by atomic mass is 16.6. The molecular weight excluding hydrogens is 408 g/mol. The van der Waals surface area contributed by atoms with Crippen molar-refractivity contribution >= 4 is 11.0 Å². The number of aryl methyl sites for hydroxylation is 1. The van der Waals surface area contributed by atoms with Crippen LogP contribution in [0.15, 0.2) is 45.6 Å². The van der Waals surface area contributed by atoms with Gasteiger partial charge in [-0.1, -0.05) is 24.3 Å². The molecule has 0 bridgehead atoms. The maximum atomic E-state index is 12.6. The number of phenolic OH excluding ortho intramolecular Hbond substituents is 2. The molecule has 1 aromatic heterocycles. The Morgan fingerprint density at radius 1 is 1.16 bits per heavy atom. The largest absolute Gasteiger partial charge is 0.504 e. The number of phenols is 2. The number of fused-ring (bicyclic) bond motifs is 1. The molecule has 2 aromatic carbocycles. The monoisotopic (exact) mass is 436 g/mol. The molecule has 2 unspecified atom stereocenters. The van der Waals surface area contributed by atoms with Gasteiger partial charge in [0.05, 0.1) is 0 Å². The van der Waals surface area contributed by atoms with E-state index in [9.17, 15) is 15.0 Å². The molecule has 168 valence electrons. The van der Waals surface area contributed by atoms with Crippen molar-refractivity contribution in [1.29, 1.82) is 0 Å². The molecule has 32 heavy (non-hydrogen) atoms. The lowest BCUT2D eigenvalue weighted by molar-refractivity contribution is 0.139. The fourth-order valence-electron chi connectivity index (χ4n) is 4.93. The van der Waals surface area contributed by atoms with Crippen LogP contribution in [0.5, 0.6) is 11.5 Å². The number of rotatable bonds is 5. The van der Waals surface area contributed by atoms with E-state index in [1.54, 1.807) is 6.07 Å². The Balaban J connectivity index is 1.25. The molecule has 3 heterocycles. The summed E-state index contributed by atoms with van der Waals surface area (Å²) in [5.74, 6) is -0.181. The highest BCUT2D eigenvalue weighted by molar-refractivity contribution is 5.88. The third-order valence-corrected chi connectivity index (χ3v) is 6.92. The first kappa shape index (κ1) is 21.0. The van der Waals surface area contributed by atoms with E-state index < -0.39 is 11.4 Å². The first-order valence-corrected chi connectivity index (χ1v) is 11.1. The van der Waals surface area contributed by atoms with Gasteiger partial charge in [-0.25, -0.2) is 4.79 Å². The number of hydrogen-bond acceptors (Lipinski definition) is 7. The van der Waals surface area contributed by atoms with Crippen molar-refractivity contribution < 1.29 is 19.4 Å². The zero-order valence-corrected chi connectivity index (χ0v) is 18.1. The van der Waals surface area contributed by atoms with Crippen LogP contribution in [-0.2, 0) is 17.7 Å². The molecule has 0 amide bonds. The minimum Gasteiger partial charge on any atom is -0.504 e. The van der Waals surface area contributed by atoms with E-state index in [0.29, 0.717) is 29.8 Å². The molecule has 4 N–H and O–H groups in total. The summed E-state index contributed by atoms with van der Waals surface area (Å²) in [4.78, 5) is 14.9. The molecule has 2 aliphatic heterocycles. The lowest BCUT2D eigenvalue weighted by Gasteiger charge is -2.31. The molecule has 0 spiro atoms. The first-order valence-electron chi connectivity index (χ1n) is 11.1. The zero-order chi connectivity index (χ0) is 22.4. The predicted octanol–water partition coefficient (Wildman–Crippen LogP) is 3.12. The average Bonchev–Trinajstić information content (AvgIpc) is 3.59. The predicted molar refractivity (Wildman–Crippen MR) is 121 cm³/mol. The maximum Gasteiger partial charge on any atom is 0.339 e. The maximum absolute atomic E-state index is 12.6. The molecule has 0 saturated carbocycles. The minimum atomic E-state index is -0.497. The van der Waals surface area contributed by atoms with Crippen LogP contribution in [-0.4, -0.2) is 40.5 Å². The summed E-state index contributed by atoms with van der Waals surface area (Å²) in [5.41, 5.74) is 9.15. The Kier molecular flexibility index (Phi) is 5.41. The molecule has 7 heteroatoms. The highest BCUT2D eigenvalue weighted by Gasteiger charge is 2.45. The number of piperidine rings is 1. The molecule has 2 saturated heterocycles.